The molecule has 1 unspecified atom stereocenters. The topological polar surface area (TPSA) is 125 Å². The molecular formula is C26H29N7O2. The van der Waals surface area contributed by atoms with E-state index in [4.69, 9.17) is 16.5 Å². The van der Waals surface area contributed by atoms with Gasteiger partial charge in [-0.2, -0.15) is 0 Å². The van der Waals surface area contributed by atoms with Crippen molar-refractivity contribution in [2.75, 3.05) is 13.1 Å². The zero-order valence-corrected chi connectivity index (χ0v) is 19.8. The van der Waals surface area contributed by atoms with Gasteiger partial charge in [-0.1, -0.05) is 0 Å². The summed E-state index contributed by atoms with van der Waals surface area (Å²) in [5, 5.41) is 1.04. The van der Waals surface area contributed by atoms with Gasteiger partial charge in [-0.05, 0) is 61.9 Å². The first kappa shape index (κ1) is 21.8. The highest BCUT2D eigenvalue weighted by atomic mass is 16.2. The minimum Gasteiger partial charge on any atom is -0.366 e. The number of fused-ring (bicyclic) bond motifs is 2. The van der Waals surface area contributed by atoms with Gasteiger partial charge in [-0.3, -0.25) is 9.59 Å². The summed E-state index contributed by atoms with van der Waals surface area (Å²) in [5.41, 5.74) is 15.6. The number of piperidine rings is 1. The predicted octanol–water partition coefficient (Wildman–Crippen LogP) is 2.66. The molecule has 1 saturated heterocycles. The zero-order valence-electron chi connectivity index (χ0n) is 19.8. The summed E-state index contributed by atoms with van der Waals surface area (Å²) in [4.78, 5) is 37.1. The quantitative estimate of drug-likeness (QED) is 0.463. The first-order chi connectivity index (χ1) is 16.9. The van der Waals surface area contributed by atoms with Crippen molar-refractivity contribution >= 4 is 33.9 Å². The monoisotopic (exact) mass is 471 g/mol. The number of benzene rings is 1. The number of primary amides is 1. The van der Waals surface area contributed by atoms with E-state index >= 15 is 0 Å². The smallest absolute Gasteiger partial charge is 0.254 e. The van der Waals surface area contributed by atoms with Crippen molar-refractivity contribution in [1.82, 2.24) is 24.0 Å². The molecule has 4 heterocycles. The lowest BCUT2D eigenvalue weighted by atomic mass is 10.0. The van der Waals surface area contributed by atoms with Gasteiger partial charge < -0.3 is 25.5 Å². The summed E-state index contributed by atoms with van der Waals surface area (Å²) in [5.74, 6) is 0.617. The Morgan fingerprint density at radius 2 is 2.00 bits per heavy atom. The van der Waals surface area contributed by atoms with Crippen LogP contribution in [0.1, 0.15) is 46.4 Å². The van der Waals surface area contributed by atoms with Crippen molar-refractivity contribution in [3.05, 3.63) is 47.7 Å². The van der Waals surface area contributed by atoms with Gasteiger partial charge in [0.1, 0.15) is 5.65 Å². The first-order valence-corrected chi connectivity index (χ1v) is 12.2. The van der Waals surface area contributed by atoms with Crippen molar-refractivity contribution in [2.45, 2.75) is 38.3 Å². The van der Waals surface area contributed by atoms with Crippen LogP contribution in [0, 0.1) is 5.92 Å². The van der Waals surface area contributed by atoms with Crippen LogP contribution in [-0.2, 0) is 13.6 Å². The van der Waals surface area contributed by atoms with Gasteiger partial charge in [0.2, 0.25) is 0 Å². The number of amides is 2. The number of pyridine rings is 1. The molecule has 2 aliphatic rings. The van der Waals surface area contributed by atoms with Crippen LogP contribution in [0.4, 0.5) is 0 Å². The van der Waals surface area contributed by atoms with E-state index in [2.05, 4.69) is 15.6 Å². The number of aryl methyl sites for hydroxylation is 1. The van der Waals surface area contributed by atoms with Crippen LogP contribution >= 0.6 is 0 Å². The average Bonchev–Trinajstić information content (AvgIpc) is 3.52. The van der Waals surface area contributed by atoms with Crippen LogP contribution in [0.15, 0.2) is 36.5 Å². The van der Waals surface area contributed by atoms with Crippen molar-refractivity contribution < 1.29 is 9.59 Å². The number of nitrogens with two attached hydrogens (primary N) is 2. The fourth-order valence-corrected chi connectivity index (χ4v) is 5.28. The zero-order chi connectivity index (χ0) is 24.3. The Morgan fingerprint density at radius 1 is 1.17 bits per heavy atom. The third kappa shape index (κ3) is 3.76. The predicted molar refractivity (Wildman–Crippen MR) is 134 cm³/mol. The Balaban J connectivity index is 1.50. The van der Waals surface area contributed by atoms with E-state index in [0.717, 1.165) is 36.1 Å². The van der Waals surface area contributed by atoms with Gasteiger partial charge in [0.15, 0.2) is 5.82 Å². The number of aromatic nitrogens is 4. The molecule has 180 valence electrons. The van der Waals surface area contributed by atoms with Crippen LogP contribution in [0.3, 0.4) is 0 Å². The van der Waals surface area contributed by atoms with Gasteiger partial charge in [0, 0.05) is 49.9 Å². The number of imidazole rings is 1. The summed E-state index contributed by atoms with van der Waals surface area (Å²) < 4.78 is 4.12. The fraction of sp³-hybridized carbons (Fsp3) is 0.385. The largest absolute Gasteiger partial charge is 0.366 e. The molecule has 4 aromatic rings. The minimum atomic E-state index is -0.588. The fourth-order valence-electron chi connectivity index (χ4n) is 5.28. The molecule has 4 N–H and O–H groups in total. The third-order valence-corrected chi connectivity index (χ3v) is 7.25. The van der Waals surface area contributed by atoms with E-state index in [1.54, 1.807) is 23.2 Å². The van der Waals surface area contributed by atoms with E-state index in [1.165, 1.54) is 12.8 Å². The second-order valence-corrected chi connectivity index (χ2v) is 9.90. The molecule has 6 rings (SSSR count). The van der Waals surface area contributed by atoms with Crippen molar-refractivity contribution in [1.29, 1.82) is 0 Å². The summed E-state index contributed by atoms with van der Waals surface area (Å²) in [6.45, 7) is 2.03. The van der Waals surface area contributed by atoms with Crippen LogP contribution in [0.5, 0.6) is 0 Å². The standard InChI is InChI=1S/C26H29N7O2/c1-31-22-19(23(28)34)10-17(26(35)32-9-3-5-18(27)14-32)11-20(22)30-25(31)21-12-16-4-2-8-29-24(16)33(21)13-15-6-7-15/h2,4,8,10-12,15,18H,3,5-7,9,13-14,27H2,1H3,(H2,28,34). The van der Waals surface area contributed by atoms with Crippen molar-refractivity contribution in [2.24, 2.45) is 24.4 Å². The second kappa shape index (κ2) is 8.20. The molecule has 9 nitrogen and oxygen atoms in total. The molecule has 0 bridgehead atoms. The highest BCUT2D eigenvalue weighted by molar-refractivity contribution is 6.09. The van der Waals surface area contributed by atoms with E-state index in [9.17, 15) is 9.59 Å². The molecule has 0 radical (unpaired) electrons. The van der Waals surface area contributed by atoms with Gasteiger partial charge in [0.25, 0.3) is 11.8 Å². The number of hydrogen-bond acceptors (Lipinski definition) is 5. The Kier molecular flexibility index (Phi) is 5.10. The highest BCUT2D eigenvalue weighted by Crippen LogP contribution is 2.36. The lowest BCUT2D eigenvalue weighted by molar-refractivity contribution is 0.0709. The van der Waals surface area contributed by atoms with E-state index < -0.39 is 5.91 Å². The Labute approximate surface area is 202 Å². The molecule has 0 spiro atoms. The molecule has 2 fully saturated rings. The first-order valence-electron chi connectivity index (χ1n) is 12.2. The van der Waals surface area contributed by atoms with Crippen molar-refractivity contribution in [3.63, 3.8) is 0 Å². The Hall–Kier alpha value is -3.72. The molecule has 1 saturated carbocycles. The number of nitrogens with zero attached hydrogens (tertiary/aromatic N) is 5. The SMILES string of the molecule is Cn1c(-c2cc3cccnc3n2CC2CC2)nc2cc(C(=O)N3CCCC(N)C3)cc(C(N)=O)c21. The number of carbonyl (C=O) groups excluding carboxylic acids is 2. The van der Waals surface area contributed by atoms with Crippen molar-refractivity contribution in [3.8, 4) is 11.5 Å². The molecule has 1 atom stereocenters. The van der Waals surface area contributed by atoms with Gasteiger partial charge in [-0.15, -0.1) is 0 Å². The maximum atomic E-state index is 13.3. The lowest BCUT2D eigenvalue weighted by Crippen LogP contribution is -2.45. The molecular weight excluding hydrogens is 442 g/mol. The van der Waals surface area contributed by atoms with E-state index in [-0.39, 0.29) is 17.5 Å². The summed E-state index contributed by atoms with van der Waals surface area (Å²) in [6, 6.07) is 9.40. The normalized spacial score (nSPS) is 18.5. The molecule has 1 aliphatic carbocycles. The molecule has 1 aliphatic heterocycles. The summed E-state index contributed by atoms with van der Waals surface area (Å²) >= 11 is 0. The molecule has 1 aromatic carbocycles. The van der Waals surface area contributed by atoms with Gasteiger partial charge >= 0.3 is 0 Å². The van der Waals surface area contributed by atoms with Gasteiger partial charge in [-0.25, -0.2) is 9.97 Å². The maximum Gasteiger partial charge on any atom is 0.254 e. The molecule has 35 heavy (non-hydrogen) atoms. The van der Waals surface area contributed by atoms with Crippen LogP contribution in [0.2, 0.25) is 0 Å². The third-order valence-electron chi connectivity index (χ3n) is 7.25. The van der Waals surface area contributed by atoms with Crippen LogP contribution in [-0.4, -0.2) is 54.9 Å². The number of carbonyl (C=O) groups is 2. The van der Waals surface area contributed by atoms with Crippen LogP contribution in [0.25, 0.3) is 33.6 Å². The van der Waals surface area contributed by atoms with E-state index in [0.29, 0.717) is 41.4 Å². The maximum absolute atomic E-state index is 13.3. The number of likely N-dealkylation sites (tertiary alicyclic amines) is 1. The Morgan fingerprint density at radius 3 is 2.74 bits per heavy atom. The molecule has 3 aromatic heterocycles. The Bertz CT molecular complexity index is 1480. The van der Waals surface area contributed by atoms with Gasteiger partial charge in [0.05, 0.1) is 22.3 Å². The van der Waals surface area contributed by atoms with E-state index in [1.807, 2.05) is 23.7 Å². The molecule has 9 heteroatoms. The van der Waals surface area contributed by atoms with Crippen LogP contribution < -0.4 is 11.5 Å². The second-order valence-electron chi connectivity index (χ2n) is 9.90. The number of hydrogen-bond donors (Lipinski definition) is 2. The minimum absolute atomic E-state index is 0.0320. The highest BCUT2D eigenvalue weighted by Gasteiger charge is 2.28. The lowest BCUT2D eigenvalue weighted by Gasteiger charge is -2.30. The average molecular weight is 472 g/mol. The summed E-state index contributed by atoms with van der Waals surface area (Å²) in [6.07, 6.45) is 6.01. The number of rotatable bonds is 5. The molecule has 2 amide bonds. The summed E-state index contributed by atoms with van der Waals surface area (Å²) in [7, 11) is 1.88.